The summed E-state index contributed by atoms with van der Waals surface area (Å²) in [4.78, 5) is 25.2. The minimum Gasteiger partial charge on any atom is -0.481 e. The number of aryl methyl sites for hydroxylation is 2. The number of aliphatic carboxylic acids is 1. The summed E-state index contributed by atoms with van der Waals surface area (Å²) in [7, 11) is 0. The minimum absolute atomic E-state index is 0.0639. The van der Waals surface area contributed by atoms with E-state index in [0.717, 1.165) is 0 Å². The van der Waals surface area contributed by atoms with Crippen LogP contribution in [0.4, 0.5) is 5.69 Å². The Morgan fingerprint density at radius 1 is 1.43 bits per heavy atom. The lowest BCUT2D eigenvalue weighted by atomic mass is 10.1. The number of carbonyl (C=O) groups is 1. The van der Waals surface area contributed by atoms with E-state index in [4.69, 9.17) is 5.11 Å². The van der Waals surface area contributed by atoms with Crippen molar-refractivity contribution >= 4 is 11.7 Å². The van der Waals surface area contributed by atoms with Crippen LogP contribution in [0.5, 0.6) is 0 Å². The fraction of sp³-hybridized carbons (Fsp3) is 0.308. The molecule has 0 unspecified atom stereocenters. The van der Waals surface area contributed by atoms with Gasteiger partial charge in [-0.3, -0.25) is 14.9 Å². The Bertz CT molecular complexity index is 736. The monoisotopic (exact) mass is 290 g/mol. The highest BCUT2D eigenvalue weighted by Gasteiger charge is 2.18. The number of carboxylic acids is 1. The van der Waals surface area contributed by atoms with Crippen LogP contribution in [0.2, 0.25) is 0 Å². The third-order valence-electron chi connectivity index (χ3n) is 3.25. The zero-order valence-corrected chi connectivity index (χ0v) is 11.8. The minimum atomic E-state index is -0.936. The molecule has 0 aliphatic carbocycles. The topological polar surface area (TPSA) is 111 Å². The van der Waals surface area contributed by atoms with Gasteiger partial charge >= 0.3 is 5.97 Å². The number of hydrogen-bond donors (Lipinski definition) is 1. The van der Waals surface area contributed by atoms with Crippen molar-refractivity contribution in [2.75, 3.05) is 0 Å². The van der Waals surface area contributed by atoms with Crippen LogP contribution in [0, 0.1) is 30.9 Å². The molecule has 8 nitrogen and oxygen atoms in total. The highest BCUT2D eigenvalue weighted by Crippen LogP contribution is 2.21. The summed E-state index contributed by atoms with van der Waals surface area (Å²) >= 11 is 0. The van der Waals surface area contributed by atoms with Gasteiger partial charge in [0.05, 0.1) is 17.0 Å². The number of nitro groups is 1. The van der Waals surface area contributed by atoms with Crippen LogP contribution in [0.3, 0.4) is 0 Å². The Balaban J connectivity index is 2.50. The van der Waals surface area contributed by atoms with Crippen molar-refractivity contribution in [3.05, 3.63) is 44.9 Å². The lowest BCUT2D eigenvalue weighted by Gasteiger charge is -2.05. The molecule has 110 valence electrons. The SMILES string of the molecule is Cc1cc(-n2nc(C)c(CC(=O)O)c2C)ncc1[N+](=O)[O-]. The molecular formula is C13H14N4O4. The van der Waals surface area contributed by atoms with Crippen molar-refractivity contribution in [2.45, 2.75) is 27.2 Å². The molecule has 0 bridgehead atoms. The van der Waals surface area contributed by atoms with Gasteiger partial charge in [-0.25, -0.2) is 9.67 Å². The standard InChI is InChI=1S/C13H14N4O4/c1-7-4-12(14-6-11(7)17(20)21)16-9(3)10(5-13(18)19)8(2)15-16/h4,6H,5H2,1-3H3,(H,18,19). The summed E-state index contributed by atoms with van der Waals surface area (Å²) in [5.74, 6) is -0.510. The average molecular weight is 290 g/mol. The van der Waals surface area contributed by atoms with E-state index in [0.29, 0.717) is 28.3 Å². The lowest BCUT2D eigenvalue weighted by molar-refractivity contribution is -0.385. The summed E-state index contributed by atoms with van der Waals surface area (Å²) in [5, 5.41) is 24.0. The van der Waals surface area contributed by atoms with Gasteiger partial charge in [0.25, 0.3) is 5.69 Å². The quantitative estimate of drug-likeness (QED) is 0.678. The van der Waals surface area contributed by atoms with Crippen molar-refractivity contribution in [3.63, 3.8) is 0 Å². The molecule has 8 heteroatoms. The van der Waals surface area contributed by atoms with Crippen molar-refractivity contribution in [1.29, 1.82) is 0 Å². The molecule has 2 heterocycles. The van der Waals surface area contributed by atoms with Crippen molar-refractivity contribution in [1.82, 2.24) is 14.8 Å². The lowest BCUT2D eigenvalue weighted by Crippen LogP contribution is -2.05. The van der Waals surface area contributed by atoms with E-state index in [2.05, 4.69) is 10.1 Å². The number of hydrogen-bond acceptors (Lipinski definition) is 5. The summed E-state index contributed by atoms with van der Waals surface area (Å²) in [6.07, 6.45) is 1.06. The maximum absolute atomic E-state index is 10.9. The van der Waals surface area contributed by atoms with E-state index < -0.39 is 10.9 Å². The molecule has 2 rings (SSSR count). The highest BCUT2D eigenvalue weighted by atomic mass is 16.6. The van der Waals surface area contributed by atoms with Crippen LogP contribution in [0.1, 0.15) is 22.5 Å². The molecule has 0 aliphatic heterocycles. The van der Waals surface area contributed by atoms with E-state index in [1.165, 1.54) is 10.9 Å². The van der Waals surface area contributed by atoms with E-state index in [-0.39, 0.29) is 12.1 Å². The first kappa shape index (κ1) is 14.6. The van der Waals surface area contributed by atoms with Gasteiger partial charge in [0, 0.05) is 16.8 Å². The van der Waals surface area contributed by atoms with Crippen molar-refractivity contribution in [2.24, 2.45) is 0 Å². The molecule has 2 aromatic rings. The van der Waals surface area contributed by atoms with Gasteiger partial charge < -0.3 is 5.11 Å². The Labute approximate surface area is 120 Å². The van der Waals surface area contributed by atoms with E-state index in [9.17, 15) is 14.9 Å². The average Bonchev–Trinajstić information content (AvgIpc) is 2.65. The van der Waals surface area contributed by atoms with Crippen LogP contribution in [-0.4, -0.2) is 30.8 Å². The molecule has 21 heavy (non-hydrogen) atoms. The van der Waals surface area contributed by atoms with Gasteiger partial charge in [0.2, 0.25) is 0 Å². The maximum Gasteiger partial charge on any atom is 0.307 e. The summed E-state index contributed by atoms with van der Waals surface area (Å²) in [6.45, 7) is 5.09. The summed E-state index contributed by atoms with van der Waals surface area (Å²) in [5.41, 5.74) is 2.30. The van der Waals surface area contributed by atoms with Crippen LogP contribution < -0.4 is 0 Å². The third kappa shape index (κ3) is 2.73. The van der Waals surface area contributed by atoms with Gasteiger partial charge in [0.1, 0.15) is 6.20 Å². The van der Waals surface area contributed by atoms with Crippen LogP contribution >= 0.6 is 0 Å². The second kappa shape index (κ2) is 5.31. The largest absolute Gasteiger partial charge is 0.481 e. The molecule has 0 fully saturated rings. The molecule has 0 saturated carbocycles. The second-order valence-corrected chi connectivity index (χ2v) is 4.72. The molecule has 0 aromatic carbocycles. The first-order chi connectivity index (χ1) is 9.81. The fourth-order valence-corrected chi connectivity index (χ4v) is 2.15. The van der Waals surface area contributed by atoms with Crippen molar-refractivity contribution < 1.29 is 14.8 Å². The maximum atomic E-state index is 10.9. The van der Waals surface area contributed by atoms with Gasteiger partial charge in [-0.15, -0.1) is 0 Å². The highest BCUT2D eigenvalue weighted by molar-refractivity contribution is 5.71. The molecule has 0 spiro atoms. The van der Waals surface area contributed by atoms with Crippen molar-refractivity contribution in [3.8, 4) is 5.82 Å². The van der Waals surface area contributed by atoms with Crippen LogP contribution in [0.25, 0.3) is 5.82 Å². The molecule has 1 N–H and O–H groups in total. The Kier molecular flexibility index (Phi) is 3.70. The second-order valence-electron chi connectivity index (χ2n) is 4.72. The van der Waals surface area contributed by atoms with Crippen LogP contribution in [-0.2, 0) is 11.2 Å². The predicted octanol–water partition coefficient (Wildman–Crippen LogP) is 1.73. The number of nitrogens with zero attached hydrogens (tertiary/aromatic N) is 4. The third-order valence-corrected chi connectivity index (χ3v) is 3.25. The van der Waals surface area contributed by atoms with Gasteiger partial charge in [0.15, 0.2) is 5.82 Å². The van der Waals surface area contributed by atoms with Gasteiger partial charge in [-0.2, -0.15) is 5.10 Å². The number of aromatic nitrogens is 3. The summed E-state index contributed by atoms with van der Waals surface area (Å²) < 4.78 is 1.50. The first-order valence-corrected chi connectivity index (χ1v) is 6.19. The molecule has 0 saturated heterocycles. The van der Waals surface area contributed by atoms with E-state index in [1.807, 2.05) is 0 Å². The number of rotatable bonds is 4. The smallest absolute Gasteiger partial charge is 0.307 e. The number of carboxylic acid groups (broad SMARTS) is 1. The zero-order chi connectivity index (χ0) is 15.7. The molecular weight excluding hydrogens is 276 g/mol. The Morgan fingerprint density at radius 3 is 2.62 bits per heavy atom. The molecule has 2 aromatic heterocycles. The van der Waals surface area contributed by atoms with E-state index >= 15 is 0 Å². The fourth-order valence-electron chi connectivity index (χ4n) is 2.15. The Morgan fingerprint density at radius 2 is 2.10 bits per heavy atom. The van der Waals surface area contributed by atoms with Gasteiger partial charge in [-0.05, 0) is 26.8 Å². The molecule has 0 atom stereocenters. The normalized spacial score (nSPS) is 10.6. The Hall–Kier alpha value is -2.77. The summed E-state index contributed by atoms with van der Waals surface area (Å²) in [6, 6.07) is 1.56. The zero-order valence-electron chi connectivity index (χ0n) is 11.8. The molecule has 0 radical (unpaired) electrons. The van der Waals surface area contributed by atoms with E-state index in [1.54, 1.807) is 26.8 Å². The van der Waals surface area contributed by atoms with Crippen LogP contribution in [0.15, 0.2) is 12.3 Å². The molecule has 0 aliphatic rings. The number of pyridine rings is 1. The first-order valence-electron chi connectivity index (χ1n) is 6.19. The molecule has 0 amide bonds. The van der Waals surface area contributed by atoms with Gasteiger partial charge in [-0.1, -0.05) is 0 Å². The predicted molar refractivity (Wildman–Crippen MR) is 73.6 cm³/mol.